The SMILES string of the molecule is CC1=C(C(=O)OCc2ccccc2)C(c2ccccc2OC(=O)c2cc([N+](=O)[O-])cc([N+](=O)[O-])c2)NC(=O)N1CCCC(=O)O. The molecule has 2 amide bonds. The first-order valence-corrected chi connectivity index (χ1v) is 13.4. The number of hydrogen-bond donors (Lipinski definition) is 2. The van der Waals surface area contributed by atoms with Crippen LogP contribution in [0.4, 0.5) is 16.2 Å². The smallest absolute Gasteiger partial charge is 0.344 e. The average Bonchev–Trinajstić information content (AvgIpc) is 3.01. The van der Waals surface area contributed by atoms with Gasteiger partial charge in [0.15, 0.2) is 0 Å². The van der Waals surface area contributed by atoms with Crippen LogP contribution >= 0.6 is 0 Å². The Balaban J connectivity index is 1.71. The van der Waals surface area contributed by atoms with E-state index in [1.807, 2.05) is 0 Å². The van der Waals surface area contributed by atoms with Crippen molar-refractivity contribution in [2.75, 3.05) is 6.54 Å². The zero-order chi connectivity index (χ0) is 32.7. The highest BCUT2D eigenvalue weighted by atomic mass is 16.6. The minimum atomic E-state index is -1.21. The summed E-state index contributed by atoms with van der Waals surface area (Å²) in [6, 6.07) is 15.2. The molecule has 0 saturated carbocycles. The lowest BCUT2D eigenvalue weighted by Gasteiger charge is -2.35. The van der Waals surface area contributed by atoms with Gasteiger partial charge in [-0.05, 0) is 25.0 Å². The van der Waals surface area contributed by atoms with Crippen molar-refractivity contribution in [1.82, 2.24) is 10.2 Å². The molecule has 0 spiro atoms. The van der Waals surface area contributed by atoms with Crippen LogP contribution in [-0.4, -0.2) is 50.3 Å². The molecule has 2 N–H and O–H groups in total. The predicted molar refractivity (Wildman–Crippen MR) is 155 cm³/mol. The fraction of sp³-hybridized carbons (Fsp3) is 0.200. The summed E-state index contributed by atoms with van der Waals surface area (Å²) in [7, 11) is 0. The summed E-state index contributed by atoms with van der Waals surface area (Å²) in [6.45, 7) is 1.38. The highest BCUT2D eigenvalue weighted by Crippen LogP contribution is 2.37. The third-order valence-corrected chi connectivity index (χ3v) is 6.79. The number of carboxylic acids is 1. The molecule has 1 atom stereocenters. The van der Waals surface area contributed by atoms with Gasteiger partial charge in [-0.3, -0.25) is 29.9 Å². The average molecular weight is 619 g/mol. The molecule has 0 bridgehead atoms. The summed E-state index contributed by atoms with van der Waals surface area (Å²) >= 11 is 0. The Labute approximate surface area is 255 Å². The number of allylic oxidation sites excluding steroid dienone is 1. The first-order valence-electron chi connectivity index (χ1n) is 13.4. The van der Waals surface area contributed by atoms with Gasteiger partial charge in [0, 0.05) is 36.4 Å². The Morgan fingerprint density at radius 2 is 1.56 bits per heavy atom. The summed E-state index contributed by atoms with van der Waals surface area (Å²) in [5.74, 6) is -3.18. The van der Waals surface area contributed by atoms with Crippen LogP contribution in [0.5, 0.6) is 5.75 Å². The van der Waals surface area contributed by atoms with Gasteiger partial charge < -0.3 is 19.9 Å². The molecule has 4 rings (SSSR count). The summed E-state index contributed by atoms with van der Waals surface area (Å²) in [5, 5.41) is 34.4. The topological polar surface area (TPSA) is 209 Å². The molecule has 0 fully saturated rings. The second-order valence-electron chi connectivity index (χ2n) is 9.77. The third kappa shape index (κ3) is 7.64. The number of hydrogen-bond acceptors (Lipinski definition) is 10. The molecule has 45 heavy (non-hydrogen) atoms. The molecule has 15 heteroatoms. The minimum Gasteiger partial charge on any atom is -0.481 e. The number of nitro benzene ring substituents is 2. The molecule has 0 radical (unpaired) electrons. The van der Waals surface area contributed by atoms with Crippen LogP contribution in [0.15, 0.2) is 84.1 Å². The van der Waals surface area contributed by atoms with E-state index in [9.17, 15) is 39.4 Å². The lowest BCUT2D eigenvalue weighted by molar-refractivity contribution is -0.394. The van der Waals surface area contributed by atoms with Gasteiger partial charge in [-0.2, -0.15) is 0 Å². The maximum Gasteiger partial charge on any atom is 0.344 e. The molecule has 0 saturated heterocycles. The van der Waals surface area contributed by atoms with Crippen LogP contribution in [0.1, 0.15) is 47.3 Å². The quantitative estimate of drug-likeness (QED) is 0.123. The molecule has 1 heterocycles. The van der Waals surface area contributed by atoms with E-state index >= 15 is 0 Å². The predicted octanol–water partition coefficient (Wildman–Crippen LogP) is 4.67. The van der Waals surface area contributed by atoms with E-state index in [1.165, 1.54) is 30.0 Å². The van der Waals surface area contributed by atoms with Crippen LogP contribution in [0.3, 0.4) is 0 Å². The number of carbonyl (C=O) groups excluding carboxylic acids is 3. The van der Waals surface area contributed by atoms with Gasteiger partial charge in [0.1, 0.15) is 12.4 Å². The van der Waals surface area contributed by atoms with Gasteiger partial charge in [-0.15, -0.1) is 0 Å². The van der Waals surface area contributed by atoms with Gasteiger partial charge in [0.05, 0.1) is 33.1 Å². The van der Waals surface area contributed by atoms with Crippen LogP contribution < -0.4 is 10.1 Å². The second kappa shape index (κ2) is 13.9. The van der Waals surface area contributed by atoms with Gasteiger partial charge in [-0.25, -0.2) is 14.4 Å². The number of carbonyl (C=O) groups is 4. The lowest BCUT2D eigenvalue weighted by Crippen LogP contribution is -2.48. The Kier molecular flexibility index (Phi) is 9.83. The zero-order valence-electron chi connectivity index (χ0n) is 23.7. The number of amides is 2. The van der Waals surface area contributed by atoms with Gasteiger partial charge in [-0.1, -0.05) is 48.5 Å². The van der Waals surface area contributed by atoms with E-state index < -0.39 is 56.8 Å². The van der Waals surface area contributed by atoms with Crippen molar-refractivity contribution >= 4 is 35.3 Å². The van der Waals surface area contributed by atoms with Crippen molar-refractivity contribution in [1.29, 1.82) is 0 Å². The van der Waals surface area contributed by atoms with E-state index in [1.54, 1.807) is 36.4 Å². The van der Waals surface area contributed by atoms with E-state index in [0.717, 1.165) is 12.1 Å². The maximum atomic E-state index is 13.6. The summed E-state index contributed by atoms with van der Waals surface area (Å²) in [6.07, 6.45) is -0.122. The number of nitrogens with zero attached hydrogens (tertiary/aromatic N) is 3. The number of para-hydroxylation sites is 1. The molecule has 0 aromatic heterocycles. The molecular formula is C30H26N4O11. The molecule has 0 aliphatic carbocycles. The van der Waals surface area contributed by atoms with Crippen molar-refractivity contribution < 1.29 is 43.6 Å². The highest BCUT2D eigenvalue weighted by molar-refractivity contribution is 5.96. The number of aliphatic carboxylic acids is 1. The Bertz CT molecular complexity index is 1670. The van der Waals surface area contributed by atoms with E-state index in [0.29, 0.717) is 11.6 Å². The van der Waals surface area contributed by atoms with Crippen LogP contribution in [0.25, 0.3) is 0 Å². The molecular weight excluding hydrogens is 592 g/mol. The van der Waals surface area contributed by atoms with Gasteiger partial charge in [0.2, 0.25) is 0 Å². The van der Waals surface area contributed by atoms with Crippen molar-refractivity contribution in [2.45, 2.75) is 32.4 Å². The monoisotopic (exact) mass is 618 g/mol. The molecule has 15 nitrogen and oxygen atoms in total. The number of ether oxygens (including phenoxy) is 2. The Morgan fingerprint density at radius 1 is 0.933 bits per heavy atom. The first kappa shape index (κ1) is 31.8. The lowest BCUT2D eigenvalue weighted by atomic mass is 9.94. The number of non-ortho nitro benzene ring substituents is 2. The number of carboxylic acid groups (broad SMARTS) is 1. The van der Waals surface area contributed by atoms with Crippen molar-refractivity contribution in [2.24, 2.45) is 0 Å². The molecule has 3 aromatic carbocycles. The van der Waals surface area contributed by atoms with Gasteiger partial charge in [0.25, 0.3) is 11.4 Å². The zero-order valence-corrected chi connectivity index (χ0v) is 23.7. The van der Waals surface area contributed by atoms with E-state index in [4.69, 9.17) is 14.6 Å². The summed E-state index contributed by atoms with van der Waals surface area (Å²) < 4.78 is 11.1. The summed E-state index contributed by atoms with van der Waals surface area (Å²) in [4.78, 5) is 73.0. The minimum absolute atomic E-state index is 0.0182. The Morgan fingerprint density at radius 3 is 2.18 bits per heavy atom. The van der Waals surface area contributed by atoms with Crippen molar-refractivity contribution in [3.05, 3.63) is 121 Å². The largest absolute Gasteiger partial charge is 0.481 e. The van der Waals surface area contributed by atoms with E-state index in [2.05, 4.69) is 5.32 Å². The molecule has 3 aromatic rings. The second-order valence-corrected chi connectivity index (χ2v) is 9.77. The first-order chi connectivity index (χ1) is 21.5. The normalized spacial score (nSPS) is 14.4. The van der Waals surface area contributed by atoms with Gasteiger partial charge >= 0.3 is 23.9 Å². The number of rotatable bonds is 12. The number of nitrogens with one attached hydrogen (secondary N) is 1. The molecule has 232 valence electrons. The number of benzene rings is 3. The van der Waals surface area contributed by atoms with Crippen LogP contribution in [0.2, 0.25) is 0 Å². The number of esters is 2. The number of nitro groups is 2. The fourth-order valence-corrected chi connectivity index (χ4v) is 4.63. The summed E-state index contributed by atoms with van der Waals surface area (Å²) in [5.41, 5.74) is -0.882. The van der Waals surface area contributed by atoms with E-state index in [-0.39, 0.29) is 48.6 Å². The van der Waals surface area contributed by atoms with Crippen LogP contribution in [0, 0.1) is 20.2 Å². The maximum absolute atomic E-state index is 13.6. The molecule has 1 aliphatic rings. The van der Waals surface area contributed by atoms with Crippen molar-refractivity contribution in [3.8, 4) is 5.75 Å². The third-order valence-electron chi connectivity index (χ3n) is 6.79. The van der Waals surface area contributed by atoms with Crippen molar-refractivity contribution in [3.63, 3.8) is 0 Å². The molecule has 1 aliphatic heterocycles. The molecule has 1 unspecified atom stereocenters. The van der Waals surface area contributed by atoms with Crippen LogP contribution in [-0.2, 0) is 20.9 Å². The standard InChI is InChI=1S/C30H26N4O11/c1-18-26(29(38)44-17-19-8-3-2-4-9-19)27(31-30(39)32(18)13-7-12-25(35)36)23-10-5-6-11-24(23)45-28(37)20-14-21(33(40)41)16-22(15-20)34(42)43/h2-6,8-11,14-16,27H,7,12-13,17H2,1H3,(H,31,39)(H,35,36). The Hall–Kier alpha value is -6.12. The fourth-order valence-electron chi connectivity index (χ4n) is 4.63. The highest BCUT2D eigenvalue weighted by Gasteiger charge is 2.38. The number of urea groups is 1.